The van der Waals surface area contributed by atoms with E-state index in [9.17, 15) is 14.4 Å². The molecule has 0 saturated carbocycles. The summed E-state index contributed by atoms with van der Waals surface area (Å²) in [4.78, 5) is 40.7. The van der Waals surface area contributed by atoms with Crippen molar-refractivity contribution in [1.82, 2.24) is 14.8 Å². The molecule has 4 heterocycles. The van der Waals surface area contributed by atoms with E-state index in [4.69, 9.17) is 9.47 Å². The van der Waals surface area contributed by atoms with Crippen molar-refractivity contribution < 1.29 is 23.9 Å². The van der Waals surface area contributed by atoms with E-state index < -0.39 is 6.04 Å². The van der Waals surface area contributed by atoms with Crippen molar-refractivity contribution in [3.63, 3.8) is 0 Å². The first-order valence-corrected chi connectivity index (χ1v) is 11.1. The van der Waals surface area contributed by atoms with E-state index in [0.717, 1.165) is 11.1 Å². The van der Waals surface area contributed by atoms with E-state index in [2.05, 4.69) is 10.6 Å². The Balaban J connectivity index is 1.27. The molecule has 172 valence electrons. The van der Waals surface area contributed by atoms with E-state index >= 15 is 0 Å². The van der Waals surface area contributed by atoms with Gasteiger partial charge in [0.2, 0.25) is 12.7 Å². The van der Waals surface area contributed by atoms with Gasteiger partial charge < -0.3 is 29.6 Å². The number of rotatable bonds is 3. The molecule has 9 nitrogen and oxygen atoms in total. The number of aryl methyl sites for hydroxylation is 1. The van der Waals surface area contributed by atoms with Gasteiger partial charge >= 0.3 is 0 Å². The van der Waals surface area contributed by atoms with Gasteiger partial charge in [-0.25, -0.2) is 0 Å². The molecular weight excluding hydrogens is 436 g/mol. The van der Waals surface area contributed by atoms with Crippen LogP contribution in [0.2, 0.25) is 0 Å². The quantitative estimate of drug-likeness (QED) is 0.628. The fourth-order valence-corrected chi connectivity index (χ4v) is 4.83. The maximum atomic E-state index is 13.5. The van der Waals surface area contributed by atoms with E-state index in [1.165, 1.54) is 0 Å². The zero-order valence-electron chi connectivity index (χ0n) is 18.4. The number of fused-ring (bicyclic) bond motifs is 3. The largest absolute Gasteiger partial charge is 0.454 e. The van der Waals surface area contributed by atoms with Crippen LogP contribution >= 0.6 is 0 Å². The zero-order valence-corrected chi connectivity index (χ0v) is 18.4. The summed E-state index contributed by atoms with van der Waals surface area (Å²) >= 11 is 0. The highest BCUT2D eigenvalue weighted by Crippen LogP contribution is 2.37. The number of carbonyl (C=O) groups is 3. The smallest absolute Gasteiger partial charge is 0.268 e. The van der Waals surface area contributed by atoms with Crippen LogP contribution < -0.4 is 20.1 Å². The summed E-state index contributed by atoms with van der Waals surface area (Å²) in [5.74, 6) is 0.622. The lowest BCUT2D eigenvalue weighted by Crippen LogP contribution is -2.41. The summed E-state index contributed by atoms with van der Waals surface area (Å²) in [5, 5.41) is 5.86. The number of nitrogens with zero attached hydrogens (tertiary/aromatic N) is 2. The van der Waals surface area contributed by atoms with Gasteiger partial charge in [0.1, 0.15) is 11.7 Å². The van der Waals surface area contributed by atoms with Crippen LogP contribution in [0.25, 0.3) is 11.1 Å². The highest BCUT2D eigenvalue weighted by molar-refractivity contribution is 6.11. The van der Waals surface area contributed by atoms with Gasteiger partial charge in [-0.15, -0.1) is 0 Å². The average molecular weight is 458 g/mol. The third-order valence-corrected chi connectivity index (χ3v) is 6.59. The molecule has 9 heteroatoms. The molecule has 3 aliphatic heterocycles. The van der Waals surface area contributed by atoms with Crippen LogP contribution in [0.5, 0.6) is 11.5 Å². The average Bonchev–Trinajstić information content (AvgIpc) is 3.56. The third-order valence-electron chi connectivity index (χ3n) is 6.59. The molecule has 0 unspecified atom stereocenters. The number of ether oxygens (including phenoxy) is 2. The SMILES string of the molecule is Cn1cccc1C(=O)N[C@H]1C[C@H]2C(=O)Nc3ccc(-c4ccc5c(c4)OCO5)cc3C(=O)N2C1. The van der Waals surface area contributed by atoms with Crippen molar-refractivity contribution >= 4 is 23.4 Å². The molecule has 0 aliphatic carbocycles. The lowest BCUT2D eigenvalue weighted by molar-refractivity contribution is -0.119. The van der Waals surface area contributed by atoms with Crippen LogP contribution in [-0.2, 0) is 11.8 Å². The minimum absolute atomic E-state index is 0.186. The normalized spacial score (nSPS) is 20.4. The van der Waals surface area contributed by atoms with E-state index in [-0.39, 0.29) is 37.1 Å². The molecule has 2 atom stereocenters. The number of hydrogen-bond acceptors (Lipinski definition) is 5. The van der Waals surface area contributed by atoms with Crippen molar-refractivity contribution in [1.29, 1.82) is 0 Å². The molecule has 0 bridgehead atoms. The number of amides is 3. The second-order valence-corrected chi connectivity index (χ2v) is 8.70. The molecule has 3 aliphatic rings. The highest BCUT2D eigenvalue weighted by Gasteiger charge is 2.43. The van der Waals surface area contributed by atoms with Crippen LogP contribution in [0, 0.1) is 0 Å². The standard InChI is InChI=1S/C25H22N4O5/c1-28-8-2-3-19(28)23(30)26-16-11-20-24(31)27-18-6-4-14(9-17(18)25(32)29(20)12-16)15-5-7-21-22(10-15)34-13-33-21/h2-10,16,20H,11-13H2,1H3,(H,26,30)(H,27,31)/t16-,20-/m0/s1. The molecule has 0 spiro atoms. The minimum Gasteiger partial charge on any atom is -0.454 e. The van der Waals surface area contributed by atoms with Crippen LogP contribution in [-0.4, -0.2) is 52.6 Å². The van der Waals surface area contributed by atoms with Gasteiger partial charge in [0, 0.05) is 25.8 Å². The Morgan fingerprint density at radius 3 is 2.68 bits per heavy atom. The Hall–Kier alpha value is -4.27. The summed E-state index contributed by atoms with van der Waals surface area (Å²) in [5.41, 5.74) is 3.13. The Morgan fingerprint density at radius 1 is 1.06 bits per heavy atom. The van der Waals surface area contributed by atoms with Gasteiger partial charge in [0.25, 0.3) is 11.8 Å². The summed E-state index contributed by atoms with van der Waals surface area (Å²) in [7, 11) is 1.79. The maximum Gasteiger partial charge on any atom is 0.268 e. The molecular formula is C25H22N4O5. The molecule has 34 heavy (non-hydrogen) atoms. The monoisotopic (exact) mass is 458 g/mol. The summed E-state index contributed by atoms with van der Waals surface area (Å²) in [6.45, 7) is 0.451. The Labute approximate surface area is 195 Å². The molecule has 3 aromatic rings. The van der Waals surface area contributed by atoms with Crippen LogP contribution in [0.1, 0.15) is 27.3 Å². The molecule has 3 amide bonds. The Bertz CT molecular complexity index is 1350. The van der Waals surface area contributed by atoms with E-state index in [0.29, 0.717) is 34.9 Å². The molecule has 6 rings (SSSR count). The van der Waals surface area contributed by atoms with Crippen molar-refractivity contribution in [2.45, 2.75) is 18.5 Å². The first-order valence-electron chi connectivity index (χ1n) is 11.1. The van der Waals surface area contributed by atoms with Gasteiger partial charge in [0.05, 0.1) is 11.3 Å². The molecule has 1 fully saturated rings. The van der Waals surface area contributed by atoms with Gasteiger partial charge in [-0.3, -0.25) is 14.4 Å². The lowest BCUT2D eigenvalue weighted by atomic mass is 10.0. The summed E-state index contributed by atoms with van der Waals surface area (Å²) < 4.78 is 12.6. The van der Waals surface area contributed by atoms with Crippen LogP contribution in [0.3, 0.4) is 0 Å². The second-order valence-electron chi connectivity index (χ2n) is 8.70. The zero-order chi connectivity index (χ0) is 23.4. The highest BCUT2D eigenvalue weighted by atomic mass is 16.7. The number of aromatic nitrogens is 1. The third kappa shape index (κ3) is 3.28. The lowest BCUT2D eigenvalue weighted by Gasteiger charge is -2.20. The van der Waals surface area contributed by atoms with E-state index in [1.807, 2.05) is 24.3 Å². The van der Waals surface area contributed by atoms with Crippen molar-refractivity contribution in [3.05, 3.63) is 66.0 Å². The minimum atomic E-state index is -0.646. The van der Waals surface area contributed by atoms with E-state index in [1.54, 1.807) is 47.0 Å². The van der Waals surface area contributed by atoms with Crippen LogP contribution in [0.15, 0.2) is 54.7 Å². The van der Waals surface area contributed by atoms with Gasteiger partial charge in [-0.05, 0) is 53.9 Å². The topological polar surface area (TPSA) is 102 Å². The predicted molar refractivity (Wildman–Crippen MR) is 123 cm³/mol. The number of carbonyl (C=O) groups excluding carboxylic acids is 3. The van der Waals surface area contributed by atoms with Gasteiger partial charge in [0.15, 0.2) is 11.5 Å². The van der Waals surface area contributed by atoms with Crippen molar-refractivity contribution in [3.8, 4) is 22.6 Å². The Morgan fingerprint density at radius 2 is 1.85 bits per heavy atom. The molecule has 0 radical (unpaired) electrons. The first kappa shape index (κ1) is 20.3. The number of nitrogens with one attached hydrogen (secondary N) is 2. The molecule has 2 aromatic carbocycles. The van der Waals surface area contributed by atoms with Crippen LogP contribution in [0.4, 0.5) is 5.69 Å². The first-order chi connectivity index (χ1) is 16.5. The molecule has 2 N–H and O–H groups in total. The fraction of sp³-hybridized carbons (Fsp3) is 0.240. The summed E-state index contributed by atoms with van der Waals surface area (Å²) in [6, 6.07) is 13.6. The maximum absolute atomic E-state index is 13.5. The molecule has 1 saturated heterocycles. The number of hydrogen-bond donors (Lipinski definition) is 2. The second kappa shape index (κ2) is 7.65. The van der Waals surface area contributed by atoms with Crippen molar-refractivity contribution in [2.24, 2.45) is 7.05 Å². The van der Waals surface area contributed by atoms with Crippen molar-refractivity contribution in [2.75, 3.05) is 18.7 Å². The molecule has 1 aromatic heterocycles. The van der Waals surface area contributed by atoms with Gasteiger partial charge in [-0.2, -0.15) is 0 Å². The van der Waals surface area contributed by atoms with Gasteiger partial charge in [-0.1, -0.05) is 12.1 Å². The fourth-order valence-electron chi connectivity index (χ4n) is 4.83. The Kier molecular flexibility index (Phi) is 4.58. The summed E-state index contributed by atoms with van der Waals surface area (Å²) in [6.07, 6.45) is 2.15. The number of benzene rings is 2. The predicted octanol–water partition coefficient (Wildman–Crippen LogP) is 2.39. The number of anilines is 1.